The van der Waals surface area contributed by atoms with Crippen LogP contribution in [0.15, 0.2) is 23.1 Å². The molecule has 1 rings (SSSR count). The van der Waals surface area contributed by atoms with Crippen LogP contribution in [0.5, 0.6) is 0 Å². The molecule has 19 heavy (non-hydrogen) atoms. The summed E-state index contributed by atoms with van der Waals surface area (Å²) in [5, 5.41) is 17.2. The van der Waals surface area contributed by atoms with Crippen LogP contribution in [0.2, 0.25) is 0 Å². The van der Waals surface area contributed by atoms with E-state index < -0.39 is 26.3 Å². The quantitative estimate of drug-likeness (QED) is 0.687. The van der Waals surface area contributed by atoms with Gasteiger partial charge in [0.2, 0.25) is 10.0 Å². The molecule has 0 aliphatic rings. The van der Waals surface area contributed by atoms with Gasteiger partial charge in [-0.05, 0) is 12.1 Å². The Morgan fingerprint density at radius 3 is 2.79 bits per heavy atom. The molecule has 0 fully saturated rings. The molecule has 1 aromatic rings. The van der Waals surface area contributed by atoms with Gasteiger partial charge in [0.1, 0.15) is 22.3 Å². The minimum atomic E-state index is -3.97. The maximum atomic E-state index is 13.3. The monoisotopic (exact) mass is 288 g/mol. The van der Waals surface area contributed by atoms with Gasteiger partial charge in [-0.1, -0.05) is 6.07 Å². The molecule has 0 spiro atoms. The van der Waals surface area contributed by atoms with Crippen molar-refractivity contribution in [3.63, 3.8) is 0 Å². The highest BCUT2D eigenvalue weighted by Crippen LogP contribution is 2.17. The highest BCUT2D eigenvalue weighted by molar-refractivity contribution is 7.89. The molecule has 104 valence electrons. The Morgan fingerprint density at radius 1 is 1.42 bits per heavy atom. The third-order valence-electron chi connectivity index (χ3n) is 2.15. The Labute approximate surface area is 110 Å². The molecule has 0 aromatic heterocycles. The Bertz CT molecular complexity index is 569. The number of aliphatic hydroxyl groups excluding tert-OH is 1. The maximum absolute atomic E-state index is 13.3. The van der Waals surface area contributed by atoms with Gasteiger partial charge in [0.15, 0.2) is 0 Å². The van der Waals surface area contributed by atoms with Crippen LogP contribution >= 0.6 is 0 Å². The molecule has 0 unspecified atom stereocenters. The number of nitrogens with zero attached hydrogens (tertiary/aromatic N) is 1. The average Bonchev–Trinajstić information content (AvgIpc) is 2.38. The summed E-state index contributed by atoms with van der Waals surface area (Å²) >= 11 is 0. The Hall–Kier alpha value is -1.53. The number of aliphatic hydroxyl groups is 1. The maximum Gasteiger partial charge on any atom is 0.242 e. The van der Waals surface area contributed by atoms with E-state index in [0.29, 0.717) is 0 Å². The van der Waals surface area contributed by atoms with Crippen molar-refractivity contribution in [3.8, 4) is 6.07 Å². The molecular weight excluding hydrogens is 275 g/mol. The predicted octanol–water partition coefficient (Wildman–Crippen LogP) is -0.0154. The van der Waals surface area contributed by atoms with Crippen LogP contribution in [-0.4, -0.2) is 39.9 Å². The summed E-state index contributed by atoms with van der Waals surface area (Å²) in [7, 11) is -3.97. The van der Waals surface area contributed by atoms with Crippen molar-refractivity contribution in [2.24, 2.45) is 0 Å². The first-order valence-corrected chi connectivity index (χ1v) is 6.88. The number of rotatable bonds is 7. The fourth-order valence-electron chi connectivity index (χ4n) is 1.33. The van der Waals surface area contributed by atoms with Crippen LogP contribution in [0.3, 0.4) is 0 Å². The fraction of sp³-hybridized carbons (Fsp3) is 0.364. The molecule has 0 aliphatic carbocycles. The van der Waals surface area contributed by atoms with Gasteiger partial charge in [-0.15, -0.1) is 0 Å². The van der Waals surface area contributed by atoms with Gasteiger partial charge in [0, 0.05) is 6.54 Å². The lowest BCUT2D eigenvalue weighted by Crippen LogP contribution is -2.28. The number of ether oxygens (including phenoxy) is 1. The van der Waals surface area contributed by atoms with E-state index in [9.17, 15) is 12.8 Å². The fourth-order valence-corrected chi connectivity index (χ4v) is 2.51. The molecule has 0 bridgehead atoms. The summed E-state index contributed by atoms with van der Waals surface area (Å²) in [6.07, 6.45) is 0. The van der Waals surface area contributed by atoms with E-state index in [-0.39, 0.29) is 26.4 Å². The highest BCUT2D eigenvalue weighted by Gasteiger charge is 2.20. The lowest BCUT2D eigenvalue weighted by molar-refractivity contribution is 0.0961. The Balaban J connectivity index is 2.79. The second-order valence-corrected chi connectivity index (χ2v) is 5.19. The van der Waals surface area contributed by atoms with E-state index in [2.05, 4.69) is 4.72 Å². The van der Waals surface area contributed by atoms with E-state index in [1.165, 1.54) is 12.1 Å². The predicted molar refractivity (Wildman–Crippen MR) is 64.2 cm³/mol. The van der Waals surface area contributed by atoms with Crippen molar-refractivity contribution in [2.45, 2.75) is 4.90 Å². The van der Waals surface area contributed by atoms with Crippen LogP contribution in [0, 0.1) is 17.1 Å². The van der Waals surface area contributed by atoms with Crippen LogP contribution in [-0.2, 0) is 14.8 Å². The molecule has 0 atom stereocenters. The number of halogens is 1. The number of sulfonamides is 1. The smallest absolute Gasteiger partial charge is 0.242 e. The van der Waals surface area contributed by atoms with Crippen molar-refractivity contribution in [1.29, 1.82) is 5.26 Å². The third-order valence-corrected chi connectivity index (χ3v) is 3.65. The van der Waals surface area contributed by atoms with Gasteiger partial charge in [0.05, 0.1) is 19.8 Å². The third kappa shape index (κ3) is 4.25. The summed E-state index contributed by atoms with van der Waals surface area (Å²) in [4.78, 5) is -0.405. The zero-order valence-electron chi connectivity index (χ0n) is 9.97. The molecule has 0 amide bonds. The van der Waals surface area contributed by atoms with Crippen molar-refractivity contribution < 1.29 is 22.7 Å². The summed E-state index contributed by atoms with van der Waals surface area (Å²) < 4.78 is 44.1. The molecule has 0 radical (unpaired) electrons. The summed E-state index contributed by atoms with van der Waals surface area (Å²) in [6, 6.07) is 4.90. The molecule has 1 aromatic carbocycles. The van der Waals surface area contributed by atoms with Crippen LogP contribution in [0.1, 0.15) is 5.56 Å². The summed E-state index contributed by atoms with van der Waals surface area (Å²) in [5.41, 5.74) is -0.522. The van der Waals surface area contributed by atoms with Crippen molar-refractivity contribution in [2.75, 3.05) is 26.4 Å². The standard InChI is InChI=1S/C11H13FN2O4S/c12-10-2-1-3-11(9(10)8-13)19(16,17)14-4-6-18-7-5-15/h1-3,14-15H,4-7H2. The van der Waals surface area contributed by atoms with E-state index in [1.807, 2.05) is 0 Å². The molecule has 0 aliphatic heterocycles. The number of hydrogen-bond acceptors (Lipinski definition) is 5. The van der Waals surface area contributed by atoms with Crippen LogP contribution in [0.25, 0.3) is 0 Å². The van der Waals surface area contributed by atoms with Gasteiger partial charge in [-0.25, -0.2) is 17.5 Å². The topological polar surface area (TPSA) is 99.4 Å². The lowest BCUT2D eigenvalue weighted by atomic mass is 10.2. The van der Waals surface area contributed by atoms with Crippen LogP contribution < -0.4 is 4.72 Å². The van der Waals surface area contributed by atoms with Gasteiger partial charge < -0.3 is 9.84 Å². The van der Waals surface area contributed by atoms with E-state index >= 15 is 0 Å². The largest absolute Gasteiger partial charge is 0.394 e. The van der Waals surface area contributed by atoms with Crippen LogP contribution in [0.4, 0.5) is 4.39 Å². The first kappa shape index (κ1) is 15.5. The van der Waals surface area contributed by atoms with Gasteiger partial charge >= 0.3 is 0 Å². The first-order chi connectivity index (χ1) is 9.03. The molecule has 8 heteroatoms. The summed E-state index contributed by atoms with van der Waals surface area (Å²) in [6.45, 7) is -0.0267. The Morgan fingerprint density at radius 2 is 2.16 bits per heavy atom. The molecule has 0 heterocycles. The zero-order chi connectivity index (χ0) is 14.3. The normalized spacial score (nSPS) is 11.2. The SMILES string of the molecule is N#Cc1c(F)cccc1S(=O)(=O)NCCOCCO. The number of nitrogens with one attached hydrogen (secondary N) is 1. The molecule has 0 saturated carbocycles. The molecular formula is C11H13FN2O4S. The molecule has 0 saturated heterocycles. The summed E-state index contributed by atoms with van der Waals surface area (Å²) in [5.74, 6) is -0.887. The second kappa shape index (κ2) is 7.16. The minimum absolute atomic E-state index is 0.0380. The van der Waals surface area contributed by atoms with Gasteiger partial charge in [-0.2, -0.15) is 5.26 Å². The highest BCUT2D eigenvalue weighted by atomic mass is 32.2. The van der Waals surface area contributed by atoms with Crippen molar-refractivity contribution >= 4 is 10.0 Å². The second-order valence-electron chi connectivity index (χ2n) is 3.46. The van der Waals surface area contributed by atoms with E-state index in [4.69, 9.17) is 15.1 Å². The van der Waals surface area contributed by atoms with Crippen molar-refractivity contribution in [1.82, 2.24) is 4.72 Å². The number of hydrogen-bond donors (Lipinski definition) is 2. The van der Waals surface area contributed by atoms with Gasteiger partial charge in [0.25, 0.3) is 0 Å². The van der Waals surface area contributed by atoms with Crippen molar-refractivity contribution in [3.05, 3.63) is 29.6 Å². The number of benzene rings is 1. The molecule has 6 nitrogen and oxygen atoms in total. The number of nitriles is 1. The van der Waals surface area contributed by atoms with E-state index in [1.54, 1.807) is 0 Å². The van der Waals surface area contributed by atoms with Gasteiger partial charge in [-0.3, -0.25) is 0 Å². The first-order valence-electron chi connectivity index (χ1n) is 5.40. The zero-order valence-corrected chi connectivity index (χ0v) is 10.8. The minimum Gasteiger partial charge on any atom is -0.394 e. The van der Waals surface area contributed by atoms with E-state index in [0.717, 1.165) is 12.1 Å². The Kier molecular flexibility index (Phi) is 5.85. The lowest BCUT2D eigenvalue weighted by Gasteiger charge is -2.08. The molecule has 2 N–H and O–H groups in total. The average molecular weight is 288 g/mol.